The molecule has 6 heteroatoms. The standard InChI is InChI=1S/C7H11N5S/c1-4(8)3-6-11-12-5(2)9-10-7(12)13-6/h4H,3,8H2,1-2H3. The van der Waals surface area contributed by atoms with E-state index in [2.05, 4.69) is 15.3 Å². The van der Waals surface area contributed by atoms with Gasteiger partial charge in [0.05, 0.1) is 0 Å². The maximum absolute atomic E-state index is 5.67. The van der Waals surface area contributed by atoms with Gasteiger partial charge in [0.25, 0.3) is 0 Å². The fourth-order valence-corrected chi connectivity index (χ4v) is 2.13. The van der Waals surface area contributed by atoms with Crippen LogP contribution < -0.4 is 5.73 Å². The summed E-state index contributed by atoms with van der Waals surface area (Å²) in [7, 11) is 0. The third-order valence-electron chi connectivity index (χ3n) is 1.69. The van der Waals surface area contributed by atoms with Gasteiger partial charge in [-0.05, 0) is 13.8 Å². The lowest BCUT2D eigenvalue weighted by Crippen LogP contribution is -2.17. The molecule has 0 aliphatic rings. The van der Waals surface area contributed by atoms with Crippen molar-refractivity contribution in [2.75, 3.05) is 0 Å². The van der Waals surface area contributed by atoms with Crippen molar-refractivity contribution in [1.29, 1.82) is 0 Å². The highest BCUT2D eigenvalue weighted by Gasteiger charge is 2.09. The topological polar surface area (TPSA) is 69.1 Å². The van der Waals surface area contributed by atoms with Gasteiger partial charge in [-0.15, -0.1) is 10.2 Å². The van der Waals surface area contributed by atoms with Gasteiger partial charge >= 0.3 is 0 Å². The van der Waals surface area contributed by atoms with Crippen LogP contribution >= 0.6 is 11.3 Å². The Morgan fingerprint density at radius 3 is 2.92 bits per heavy atom. The molecular formula is C7H11N5S. The fourth-order valence-electron chi connectivity index (χ4n) is 1.11. The predicted molar refractivity (Wildman–Crippen MR) is 50.7 cm³/mol. The van der Waals surface area contributed by atoms with E-state index in [9.17, 15) is 0 Å². The van der Waals surface area contributed by atoms with Crippen molar-refractivity contribution in [1.82, 2.24) is 19.8 Å². The monoisotopic (exact) mass is 197 g/mol. The van der Waals surface area contributed by atoms with Gasteiger partial charge in [0.15, 0.2) is 5.82 Å². The Morgan fingerprint density at radius 1 is 1.54 bits per heavy atom. The van der Waals surface area contributed by atoms with Gasteiger partial charge < -0.3 is 5.73 Å². The highest BCUT2D eigenvalue weighted by molar-refractivity contribution is 7.16. The second kappa shape index (κ2) is 3.04. The van der Waals surface area contributed by atoms with E-state index >= 15 is 0 Å². The van der Waals surface area contributed by atoms with Crippen molar-refractivity contribution in [3.63, 3.8) is 0 Å². The molecule has 2 heterocycles. The molecule has 0 fully saturated rings. The van der Waals surface area contributed by atoms with Crippen LogP contribution in [0.15, 0.2) is 0 Å². The molecule has 0 aliphatic heterocycles. The SMILES string of the molecule is Cc1nnc2sc(CC(C)N)nn12. The Balaban J connectivity index is 2.39. The minimum Gasteiger partial charge on any atom is -0.328 e. The van der Waals surface area contributed by atoms with E-state index in [1.165, 1.54) is 0 Å². The summed E-state index contributed by atoms with van der Waals surface area (Å²) in [6.45, 7) is 3.85. The maximum Gasteiger partial charge on any atom is 0.234 e. The number of aromatic nitrogens is 4. The predicted octanol–water partition coefficient (Wildman–Crippen LogP) is 0.384. The molecule has 1 atom stereocenters. The summed E-state index contributed by atoms with van der Waals surface area (Å²) in [6, 6.07) is 0.143. The quantitative estimate of drug-likeness (QED) is 0.755. The molecule has 2 rings (SSSR count). The average Bonchev–Trinajstić information content (AvgIpc) is 2.53. The van der Waals surface area contributed by atoms with E-state index in [1.807, 2.05) is 13.8 Å². The van der Waals surface area contributed by atoms with Crippen molar-refractivity contribution < 1.29 is 0 Å². The lowest BCUT2D eigenvalue weighted by molar-refractivity contribution is 0.716. The molecular weight excluding hydrogens is 186 g/mol. The second-order valence-corrected chi connectivity index (χ2v) is 4.16. The third-order valence-corrected chi connectivity index (χ3v) is 2.61. The summed E-state index contributed by atoms with van der Waals surface area (Å²) in [5.74, 6) is 0.821. The number of hydrogen-bond donors (Lipinski definition) is 1. The lowest BCUT2D eigenvalue weighted by atomic mass is 10.3. The Hall–Kier alpha value is -1.01. The number of nitrogens with two attached hydrogens (primary N) is 1. The van der Waals surface area contributed by atoms with Gasteiger partial charge in [0.2, 0.25) is 4.96 Å². The van der Waals surface area contributed by atoms with Crippen LogP contribution in [0.3, 0.4) is 0 Å². The summed E-state index contributed by atoms with van der Waals surface area (Å²) in [5, 5.41) is 13.2. The summed E-state index contributed by atoms with van der Waals surface area (Å²) in [5.41, 5.74) is 5.67. The van der Waals surface area contributed by atoms with E-state index < -0.39 is 0 Å². The number of aryl methyl sites for hydroxylation is 1. The molecule has 0 amide bonds. The van der Waals surface area contributed by atoms with Gasteiger partial charge in [0.1, 0.15) is 5.01 Å². The smallest absolute Gasteiger partial charge is 0.234 e. The maximum atomic E-state index is 5.67. The van der Waals surface area contributed by atoms with Gasteiger partial charge in [-0.3, -0.25) is 0 Å². The Bertz CT molecular complexity index is 415. The van der Waals surface area contributed by atoms with Crippen molar-refractivity contribution in [2.24, 2.45) is 5.73 Å². The summed E-state index contributed by atoms with van der Waals surface area (Å²) < 4.78 is 1.75. The zero-order valence-electron chi connectivity index (χ0n) is 7.56. The molecule has 0 bridgehead atoms. The van der Waals surface area contributed by atoms with Crippen LogP contribution in [-0.2, 0) is 6.42 Å². The van der Waals surface area contributed by atoms with Crippen LogP contribution in [0.2, 0.25) is 0 Å². The van der Waals surface area contributed by atoms with Crippen LogP contribution in [0.4, 0.5) is 0 Å². The zero-order valence-corrected chi connectivity index (χ0v) is 8.38. The van der Waals surface area contributed by atoms with Crippen LogP contribution in [-0.4, -0.2) is 25.9 Å². The molecule has 0 aliphatic carbocycles. The van der Waals surface area contributed by atoms with Crippen molar-refractivity contribution >= 4 is 16.3 Å². The number of fused-ring (bicyclic) bond motifs is 1. The molecule has 2 aromatic rings. The van der Waals surface area contributed by atoms with Crippen LogP contribution in [0.1, 0.15) is 17.8 Å². The Labute approximate surface area is 79.6 Å². The first-order valence-electron chi connectivity index (χ1n) is 4.10. The normalized spacial score (nSPS) is 13.8. The molecule has 0 saturated carbocycles. The van der Waals surface area contributed by atoms with Gasteiger partial charge in [-0.25, -0.2) is 0 Å². The Kier molecular flexibility index (Phi) is 2.01. The molecule has 2 N–H and O–H groups in total. The lowest BCUT2D eigenvalue weighted by Gasteiger charge is -1.97. The van der Waals surface area contributed by atoms with Crippen molar-refractivity contribution in [2.45, 2.75) is 26.3 Å². The summed E-state index contributed by atoms with van der Waals surface area (Å²) in [4.78, 5) is 0.841. The number of rotatable bonds is 2. The van der Waals surface area contributed by atoms with Gasteiger partial charge in [-0.2, -0.15) is 9.61 Å². The molecule has 13 heavy (non-hydrogen) atoms. The zero-order chi connectivity index (χ0) is 9.42. The van der Waals surface area contributed by atoms with Crippen LogP contribution in [0.5, 0.6) is 0 Å². The first kappa shape index (κ1) is 8.58. The molecule has 0 aromatic carbocycles. The highest BCUT2D eigenvalue weighted by atomic mass is 32.1. The van der Waals surface area contributed by atoms with E-state index in [0.29, 0.717) is 0 Å². The van der Waals surface area contributed by atoms with E-state index in [0.717, 1.165) is 22.2 Å². The molecule has 5 nitrogen and oxygen atoms in total. The highest BCUT2D eigenvalue weighted by Crippen LogP contribution is 2.14. The first-order valence-corrected chi connectivity index (χ1v) is 4.92. The van der Waals surface area contributed by atoms with Gasteiger partial charge in [0, 0.05) is 12.5 Å². The fraction of sp³-hybridized carbons (Fsp3) is 0.571. The molecule has 2 aromatic heterocycles. The summed E-state index contributed by atoms with van der Waals surface area (Å²) in [6.07, 6.45) is 0.799. The van der Waals surface area contributed by atoms with E-state index in [1.54, 1.807) is 15.9 Å². The molecule has 70 valence electrons. The van der Waals surface area contributed by atoms with Crippen LogP contribution in [0, 0.1) is 6.92 Å². The second-order valence-electron chi connectivity index (χ2n) is 3.12. The largest absolute Gasteiger partial charge is 0.328 e. The molecule has 0 radical (unpaired) electrons. The Morgan fingerprint density at radius 2 is 2.31 bits per heavy atom. The van der Waals surface area contributed by atoms with Crippen molar-refractivity contribution in [3.8, 4) is 0 Å². The van der Waals surface area contributed by atoms with Crippen molar-refractivity contribution in [3.05, 3.63) is 10.8 Å². The number of hydrogen-bond acceptors (Lipinski definition) is 5. The molecule has 0 spiro atoms. The number of nitrogens with zero attached hydrogens (tertiary/aromatic N) is 4. The average molecular weight is 197 g/mol. The molecule has 1 unspecified atom stereocenters. The van der Waals surface area contributed by atoms with Crippen LogP contribution in [0.25, 0.3) is 4.96 Å². The minimum atomic E-state index is 0.143. The third kappa shape index (κ3) is 1.54. The van der Waals surface area contributed by atoms with Gasteiger partial charge in [-0.1, -0.05) is 11.3 Å². The first-order chi connectivity index (χ1) is 6.16. The molecule has 0 saturated heterocycles. The minimum absolute atomic E-state index is 0.143. The van der Waals surface area contributed by atoms with E-state index in [-0.39, 0.29) is 6.04 Å². The van der Waals surface area contributed by atoms with E-state index in [4.69, 9.17) is 5.73 Å². The summed E-state index contributed by atoms with van der Waals surface area (Å²) >= 11 is 1.54.